The molecule has 1 unspecified atom stereocenters. The molecule has 0 bridgehead atoms. The Labute approximate surface area is 78.7 Å². The van der Waals surface area contributed by atoms with Crippen LogP contribution in [0.25, 0.3) is 0 Å². The van der Waals surface area contributed by atoms with Gasteiger partial charge < -0.3 is 9.47 Å². The van der Waals surface area contributed by atoms with E-state index in [-0.39, 0.29) is 11.4 Å². The van der Waals surface area contributed by atoms with Gasteiger partial charge in [-0.2, -0.15) is 0 Å². The molecular weight excluding hydrogens is 168 g/mol. The van der Waals surface area contributed by atoms with Gasteiger partial charge in [-0.1, -0.05) is 26.0 Å². The lowest BCUT2D eigenvalue weighted by Gasteiger charge is -2.21. The molecule has 0 aliphatic carbocycles. The van der Waals surface area contributed by atoms with Crippen LogP contribution in [-0.2, 0) is 14.3 Å². The number of carbonyl (C=O) groups excluding carboxylic acids is 1. The van der Waals surface area contributed by atoms with Crippen LogP contribution in [0.4, 0.5) is 0 Å². The SMILES string of the molecule is C=C(C)COC1C(=O)OCC1(C)C. The van der Waals surface area contributed by atoms with Crippen molar-refractivity contribution in [3.8, 4) is 0 Å². The fraction of sp³-hybridized carbons (Fsp3) is 0.700. The Morgan fingerprint density at radius 1 is 1.77 bits per heavy atom. The van der Waals surface area contributed by atoms with Gasteiger partial charge in [0.25, 0.3) is 0 Å². The van der Waals surface area contributed by atoms with Crippen molar-refractivity contribution >= 4 is 5.97 Å². The van der Waals surface area contributed by atoms with Gasteiger partial charge in [0, 0.05) is 5.41 Å². The zero-order valence-corrected chi connectivity index (χ0v) is 8.42. The van der Waals surface area contributed by atoms with Crippen LogP contribution >= 0.6 is 0 Å². The van der Waals surface area contributed by atoms with Crippen molar-refractivity contribution < 1.29 is 14.3 Å². The molecule has 1 aliphatic heterocycles. The molecule has 1 heterocycles. The summed E-state index contributed by atoms with van der Waals surface area (Å²) in [6.07, 6.45) is -0.441. The molecule has 0 radical (unpaired) electrons. The summed E-state index contributed by atoms with van der Waals surface area (Å²) in [6.45, 7) is 10.4. The molecule has 13 heavy (non-hydrogen) atoms. The van der Waals surface area contributed by atoms with Crippen LogP contribution in [0.5, 0.6) is 0 Å². The van der Waals surface area contributed by atoms with Gasteiger partial charge in [-0.25, -0.2) is 4.79 Å². The minimum atomic E-state index is -0.441. The number of cyclic esters (lactones) is 1. The van der Waals surface area contributed by atoms with Crippen LogP contribution < -0.4 is 0 Å². The molecule has 1 fully saturated rings. The maximum absolute atomic E-state index is 11.2. The van der Waals surface area contributed by atoms with Crippen molar-refractivity contribution in [3.05, 3.63) is 12.2 Å². The maximum Gasteiger partial charge on any atom is 0.335 e. The average Bonchev–Trinajstić information content (AvgIpc) is 2.23. The van der Waals surface area contributed by atoms with Gasteiger partial charge in [-0.15, -0.1) is 0 Å². The molecule has 3 nitrogen and oxygen atoms in total. The number of hydrogen-bond acceptors (Lipinski definition) is 3. The van der Waals surface area contributed by atoms with E-state index in [2.05, 4.69) is 6.58 Å². The van der Waals surface area contributed by atoms with Crippen LogP contribution in [0.15, 0.2) is 12.2 Å². The van der Waals surface area contributed by atoms with Crippen LogP contribution in [-0.4, -0.2) is 25.3 Å². The van der Waals surface area contributed by atoms with Gasteiger partial charge in [-0.05, 0) is 6.92 Å². The average molecular weight is 184 g/mol. The quantitative estimate of drug-likeness (QED) is 0.493. The summed E-state index contributed by atoms with van der Waals surface area (Å²) < 4.78 is 10.3. The number of rotatable bonds is 3. The van der Waals surface area contributed by atoms with Crippen molar-refractivity contribution in [2.75, 3.05) is 13.2 Å². The van der Waals surface area contributed by atoms with E-state index in [9.17, 15) is 4.79 Å². The third kappa shape index (κ3) is 2.31. The zero-order chi connectivity index (χ0) is 10.1. The zero-order valence-electron chi connectivity index (χ0n) is 8.42. The van der Waals surface area contributed by atoms with Crippen molar-refractivity contribution in [1.29, 1.82) is 0 Å². The minimum absolute atomic E-state index is 0.216. The number of hydrogen-bond donors (Lipinski definition) is 0. The van der Waals surface area contributed by atoms with Crippen LogP contribution in [0.3, 0.4) is 0 Å². The molecular formula is C10H16O3. The Kier molecular flexibility index (Phi) is 2.76. The normalized spacial score (nSPS) is 25.8. The first-order valence-corrected chi connectivity index (χ1v) is 4.36. The maximum atomic E-state index is 11.2. The first-order chi connectivity index (χ1) is 5.93. The summed E-state index contributed by atoms with van der Waals surface area (Å²) in [4.78, 5) is 11.2. The number of esters is 1. The number of ether oxygens (including phenoxy) is 2. The van der Waals surface area contributed by atoms with Gasteiger partial charge in [0.2, 0.25) is 0 Å². The van der Waals surface area contributed by atoms with Crippen molar-refractivity contribution in [1.82, 2.24) is 0 Å². The summed E-state index contributed by atoms with van der Waals surface area (Å²) in [5.74, 6) is -0.258. The monoisotopic (exact) mass is 184 g/mol. The van der Waals surface area contributed by atoms with E-state index in [4.69, 9.17) is 9.47 Å². The predicted molar refractivity (Wildman–Crippen MR) is 49.3 cm³/mol. The lowest BCUT2D eigenvalue weighted by molar-refractivity contribution is -0.147. The highest BCUT2D eigenvalue weighted by atomic mass is 16.6. The van der Waals surface area contributed by atoms with E-state index in [0.717, 1.165) is 5.57 Å². The van der Waals surface area contributed by atoms with E-state index in [1.165, 1.54) is 0 Å². The molecule has 0 aromatic rings. The molecule has 0 aromatic carbocycles. The van der Waals surface area contributed by atoms with Gasteiger partial charge >= 0.3 is 5.97 Å². The molecule has 74 valence electrons. The highest BCUT2D eigenvalue weighted by Gasteiger charge is 2.44. The molecule has 0 spiro atoms. The second-order valence-corrected chi connectivity index (χ2v) is 4.24. The van der Waals surface area contributed by atoms with Crippen molar-refractivity contribution in [3.63, 3.8) is 0 Å². The minimum Gasteiger partial charge on any atom is -0.463 e. The van der Waals surface area contributed by atoms with Gasteiger partial charge in [-0.3, -0.25) is 0 Å². The van der Waals surface area contributed by atoms with Gasteiger partial charge in [0.1, 0.15) is 0 Å². The van der Waals surface area contributed by atoms with Crippen LogP contribution in [0.1, 0.15) is 20.8 Å². The van der Waals surface area contributed by atoms with E-state index in [1.54, 1.807) is 0 Å². The summed E-state index contributed by atoms with van der Waals surface area (Å²) >= 11 is 0. The van der Waals surface area contributed by atoms with E-state index in [1.807, 2.05) is 20.8 Å². The summed E-state index contributed by atoms with van der Waals surface area (Å²) in [6, 6.07) is 0. The van der Waals surface area contributed by atoms with E-state index < -0.39 is 6.10 Å². The lowest BCUT2D eigenvalue weighted by Crippen LogP contribution is -2.33. The van der Waals surface area contributed by atoms with Crippen molar-refractivity contribution in [2.24, 2.45) is 5.41 Å². The second-order valence-electron chi connectivity index (χ2n) is 4.24. The summed E-state index contributed by atoms with van der Waals surface area (Å²) in [7, 11) is 0. The van der Waals surface area contributed by atoms with Gasteiger partial charge in [0.15, 0.2) is 6.10 Å². The Morgan fingerprint density at radius 2 is 2.38 bits per heavy atom. The lowest BCUT2D eigenvalue weighted by atomic mass is 9.90. The van der Waals surface area contributed by atoms with E-state index >= 15 is 0 Å². The molecule has 3 heteroatoms. The number of carbonyl (C=O) groups is 1. The third-order valence-electron chi connectivity index (χ3n) is 2.01. The molecule has 0 amide bonds. The highest BCUT2D eigenvalue weighted by Crippen LogP contribution is 2.30. The molecule has 1 saturated heterocycles. The summed E-state index contributed by atoms with van der Waals surface area (Å²) in [5, 5.41) is 0. The molecule has 0 N–H and O–H groups in total. The third-order valence-corrected chi connectivity index (χ3v) is 2.01. The molecule has 1 aliphatic rings. The van der Waals surface area contributed by atoms with Gasteiger partial charge in [0.05, 0.1) is 13.2 Å². The topological polar surface area (TPSA) is 35.5 Å². The Balaban J connectivity index is 2.56. The second kappa shape index (κ2) is 3.50. The van der Waals surface area contributed by atoms with Crippen LogP contribution in [0, 0.1) is 5.41 Å². The van der Waals surface area contributed by atoms with Crippen LogP contribution in [0.2, 0.25) is 0 Å². The largest absolute Gasteiger partial charge is 0.463 e. The fourth-order valence-corrected chi connectivity index (χ4v) is 1.25. The Morgan fingerprint density at radius 3 is 2.77 bits per heavy atom. The Hall–Kier alpha value is -0.830. The molecule has 1 atom stereocenters. The smallest absolute Gasteiger partial charge is 0.335 e. The van der Waals surface area contributed by atoms with Crippen molar-refractivity contribution in [2.45, 2.75) is 26.9 Å². The van der Waals surface area contributed by atoms with E-state index in [0.29, 0.717) is 13.2 Å². The molecule has 0 aromatic heterocycles. The molecule has 0 saturated carbocycles. The Bertz CT molecular complexity index is 230. The summed E-state index contributed by atoms with van der Waals surface area (Å²) in [5.41, 5.74) is 0.697. The standard InChI is InChI=1S/C10H16O3/c1-7(2)5-12-8-9(11)13-6-10(8,3)4/h8H,1,5-6H2,2-4H3. The fourth-order valence-electron chi connectivity index (χ4n) is 1.25. The predicted octanol–water partition coefficient (Wildman–Crippen LogP) is 1.53. The first kappa shape index (κ1) is 10.3. The highest BCUT2D eigenvalue weighted by molar-refractivity contribution is 5.77. The molecule has 1 rings (SSSR count). The first-order valence-electron chi connectivity index (χ1n) is 4.36.